The molecule has 1 aromatic heterocycles. The van der Waals surface area contributed by atoms with Gasteiger partial charge in [0.05, 0.1) is 13.2 Å². The number of ether oxygens (including phenoxy) is 2. The van der Waals surface area contributed by atoms with Gasteiger partial charge in [0.25, 0.3) is 0 Å². The van der Waals surface area contributed by atoms with Crippen LogP contribution in [0.4, 0.5) is 10.6 Å². The zero-order valence-electron chi connectivity index (χ0n) is 14.8. The summed E-state index contributed by atoms with van der Waals surface area (Å²) in [5, 5.41) is 11.7. The number of amides is 1. The number of carboxylic acid groups (broad SMARTS) is 1. The van der Waals surface area contributed by atoms with Crippen LogP contribution in [0.2, 0.25) is 0 Å². The maximum absolute atomic E-state index is 11.8. The fourth-order valence-corrected chi connectivity index (χ4v) is 2.40. The van der Waals surface area contributed by atoms with Crippen LogP contribution in [-0.4, -0.2) is 60.1 Å². The summed E-state index contributed by atoms with van der Waals surface area (Å²) in [6.07, 6.45) is 1.01. The van der Waals surface area contributed by atoms with Gasteiger partial charge < -0.3 is 24.8 Å². The summed E-state index contributed by atoms with van der Waals surface area (Å²) in [5.74, 6) is -0.290. The summed E-state index contributed by atoms with van der Waals surface area (Å²) in [7, 11) is 0. The Morgan fingerprint density at radius 3 is 2.56 bits per heavy atom. The van der Waals surface area contributed by atoms with Crippen molar-refractivity contribution in [2.75, 3.05) is 31.2 Å². The highest BCUT2D eigenvalue weighted by atomic mass is 16.6. The Morgan fingerprint density at radius 1 is 1.36 bits per heavy atom. The van der Waals surface area contributed by atoms with Gasteiger partial charge in [-0.1, -0.05) is 6.07 Å². The van der Waals surface area contributed by atoms with Crippen LogP contribution in [0.15, 0.2) is 18.3 Å². The zero-order valence-corrected chi connectivity index (χ0v) is 14.8. The van der Waals surface area contributed by atoms with E-state index in [0.29, 0.717) is 13.2 Å². The fourth-order valence-electron chi connectivity index (χ4n) is 2.40. The molecular formula is C17H25N3O5. The molecule has 1 fully saturated rings. The van der Waals surface area contributed by atoms with Crippen molar-refractivity contribution in [1.29, 1.82) is 0 Å². The highest BCUT2D eigenvalue weighted by Gasteiger charge is 2.24. The number of anilines is 1. The molecule has 1 aliphatic heterocycles. The van der Waals surface area contributed by atoms with E-state index in [4.69, 9.17) is 9.47 Å². The predicted molar refractivity (Wildman–Crippen MR) is 91.8 cm³/mol. The van der Waals surface area contributed by atoms with Crippen LogP contribution in [0.25, 0.3) is 0 Å². The highest BCUT2D eigenvalue weighted by molar-refractivity contribution is 5.80. The Labute approximate surface area is 147 Å². The van der Waals surface area contributed by atoms with Gasteiger partial charge in [0.1, 0.15) is 17.5 Å². The van der Waals surface area contributed by atoms with E-state index < -0.39 is 23.7 Å². The molecule has 2 rings (SSSR count). The van der Waals surface area contributed by atoms with Gasteiger partial charge in [0.2, 0.25) is 0 Å². The van der Waals surface area contributed by atoms with Crippen LogP contribution in [0.3, 0.4) is 0 Å². The van der Waals surface area contributed by atoms with E-state index in [1.54, 1.807) is 27.0 Å². The first-order valence-corrected chi connectivity index (χ1v) is 8.24. The molecule has 0 radical (unpaired) electrons. The van der Waals surface area contributed by atoms with Crippen LogP contribution < -0.4 is 10.2 Å². The lowest BCUT2D eigenvalue weighted by Crippen LogP contribution is -2.44. The number of carboxylic acids is 1. The minimum atomic E-state index is -1.12. The van der Waals surface area contributed by atoms with E-state index in [1.807, 2.05) is 12.1 Å². The number of hydrogen-bond donors (Lipinski definition) is 2. The monoisotopic (exact) mass is 351 g/mol. The van der Waals surface area contributed by atoms with Crippen molar-refractivity contribution in [3.8, 4) is 0 Å². The van der Waals surface area contributed by atoms with Crippen LogP contribution in [-0.2, 0) is 20.7 Å². The molecule has 2 heterocycles. The number of hydrogen-bond acceptors (Lipinski definition) is 6. The molecule has 0 bridgehead atoms. The Bertz CT molecular complexity index is 591. The molecule has 1 aromatic rings. The Morgan fingerprint density at radius 2 is 2.04 bits per heavy atom. The van der Waals surface area contributed by atoms with Crippen molar-refractivity contribution in [3.63, 3.8) is 0 Å². The maximum atomic E-state index is 11.8. The number of nitrogens with zero attached hydrogens (tertiary/aromatic N) is 2. The first-order chi connectivity index (χ1) is 11.7. The molecular weight excluding hydrogens is 326 g/mol. The molecule has 1 amide bonds. The SMILES string of the molecule is CC(C)(C)OC(=O)NC(Cc1ccc(N2CCOCC2)nc1)C(=O)O. The Balaban J connectivity index is 1.97. The van der Waals surface area contributed by atoms with Crippen molar-refractivity contribution < 1.29 is 24.2 Å². The molecule has 8 nitrogen and oxygen atoms in total. The van der Waals surface area contributed by atoms with E-state index in [1.165, 1.54) is 0 Å². The number of carbonyl (C=O) groups excluding carboxylic acids is 1. The van der Waals surface area contributed by atoms with Crippen LogP contribution in [0, 0.1) is 0 Å². The second-order valence-corrected chi connectivity index (χ2v) is 6.87. The zero-order chi connectivity index (χ0) is 18.4. The molecule has 0 aromatic carbocycles. The minimum absolute atomic E-state index is 0.130. The third kappa shape index (κ3) is 6.22. The van der Waals surface area contributed by atoms with Crippen molar-refractivity contribution in [3.05, 3.63) is 23.9 Å². The van der Waals surface area contributed by atoms with E-state index >= 15 is 0 Å². The molecule has 25 heavy (non-hydrogen) atoms. The second kappa shape index (κ2) is 8.15. The third-order valence-electron chi connectivity index (χ3n) is 3.57. The number of carbonyl (C=O) groups is 2. The fraction of sp³-hybridized carbons (Fsp3) is 0.588. The van der Waals surface area contributed by atoms with Gasteiger partial charge in [-0.2, -0.15) is 0 Å². The van der Waals surface area contributed by atoms with Gasteiger partial charge in [-0.25, -0.2) is 14.6 Å². The van der Waals surface area contributed by atoms with Gasteiger partial charge in [-0.15, -0.1) is 0 Å². The number of pyridine rings is 1. The van der Waals surface area contributed by atoms with Crippen molar-refractivity contribution >= 4 is 17.9 Å². The molecule has 1 aliphatic rings. The maximum Gasteiger partial charge on any atom is 0.408 e. The molecule has 138 valence electrons. The molecule has 2 N–H and O–H groups in total. The van der Waals surface area contributed by atoms with Gasteiger partial charge >= 0.3 is 12.1 Å². The average Bonchev–Trinajstić information content (AvgIpc) is 2.54. The standard InChI is InChI=1S/C17H25N3O5/c1-17(2,3)25-16(23)19-13(15(21)22)10-12-4-5-14(18-11-12)20-6-8-24-9-7-20/h4-5,11,13H,6-10H2,1-3H3,(H,19,23)(H,21,22). The molecule has 1 unspecified atom stereocenters. The topological polar surface area (TPSA) is 101 Å². The lowest BCUT2D eigenvalue weighted by molar-refractivity contribution is -0.139. The Kier molecular flexibility index (Phi) is 6.19. The first kappa shape index (κ1) is 19.0. The van der Waals surface area contributed by atoms with E-state index in [0.717, 1.165) is 24.5 Å². The lowest BCUT2D eigenvalue weighted by atomic mass is 10.1. The summed E-state index contributed by atoms with van der Waals surface area (Å²) in [6, 6.07) is 2.60. The van der Waals surface area contributed by atoms with Gasteiger partial charge in [-0.3, -0.25) is 0 Å². The first-order valence-electron chi connectivity index (χ1n) is 8.24. The van der Waals surface area contributed by atoms with Gasteiger partial charge in [0.15, 0.2) is 0 Å². The number of aromatic nitrogens is 1. The van der Waals surface area contributed by atoms with Crippen LogP contribution >= 0.6 is 0 Å². The number of morpholine rings is 1. The van der Waals surface area contributed by atoms with Crippen molar-refractivity contribution in [2.45, 2.75) is 38.8 Å². The lowest BCUT2D eigenvalue weighted by Gasteiger charge is -2.27. The van der Waals surface area contributed by atoms with Crippen LogP contribution in [0.1, 0.15) is 26.3 Å². The van der Waals surface area contributed by atoms with Crippen molar-refractivity contribution in [2.24, 2.45) is 0 Å². The summed E-state index contributed by atoms with van der Waals surface area (Å²) < 4.78 is 10.4. The summed E-state index contributed by atoms with van der Waals surface area (Å²) in [4.78, 5) is 29.7. The summed E-state index contributed by atoms with van der Waals surface area (Å²) >= 11 is 0. The molecule has 0 saturated carbocycles. The largest absolute Gasteiger partial charge is 0.480 e. The Hall–Kier alpha value is -2.35. The van der Waals surface area contributed by atoms with Gasteiger partial charge in [-0.05, 0) is 32.4 Å². The second-order valence-electron chi connectivity index (χ2n) is 6.87. The molecule has 8 heteroatoms. The van der Waals surface area contributed by atoms with E-state index in [2.05, 4.69) is 15.2 Å². The quantitative estimate of drug-likeness (QED) is 0.828. The molecule has 0 aliphatic carbocycles. The molecule has 1 atom stereocenters. The van der Waals surface area contributed by atoms with E-state index in [-0.39, 0.29) is 6.42 Å². The number of alkyl carbamates (subject to hydrolysis) is 1. The highest BCUT2D eigenvalue weighted by Crippen LogP contribution is 2.14. The predicted octanol–water partition coefficient (Wildman–Crippen LogP) is 1.44. The smallest absolute Gasteiger partial charge is 0.408 e. The molecule has 0 spiro atoms. The summed E-state index contributed by atoms with van der Waals surface area (Å²) in [6.45, 7) is 8.06. The van der Waals surface area contributed by atoms with Crippen LogP contribution in [0.5, 0.6) is 0 Å². The van der Waals surface area contributed by atoms with Gasteiger partial charge in [0, 0.05) is 25.7 Å². The third-order valence-corrected chi connectivity index (χ3v) is 3.57. The minimum Gasteiger partial charge on any atom is -0.480 e. The van der Waals surface area contributed by atoms with Crippen molar-refractivity contribution in [1.82, 2.24) is 10.3 Å². The number of nitrogens with one attached hydrogen (secondary N) is 1. The normalized spacial score (nSPS) is 16.2. The summed E-state index contributed by atoms with van der Waals surface area (Å²) in [5.41, 5.74) is 0.0366. The molecule has 1 saturated heterocycles. The number of aliphatic carboxylic acids is 1. The number of rotatable bonds is 5. The van der Waals surface area contributed by atoms with E-state index in [9.17, 15) is 14.7 Å². The average molecular weight is 351 g/mol.